The highest BCUT2D eigenvalue weighted by atomic mass is 32.2. The van der Waals surface area contributed by atoms with Crippen molar-refractivity contribution in [3.8, 4) is 0 Å². The maximum atomic E-state index is 12.3. The fourth-order valence-corrected chi connectivity index (χ4v) is 2.59. The standard InChI is InChI=1S/C19H18F2N2O4S/c1-12(16(24)23-19(26)22-11-13-5-3-2-4-6-13)27-17(25)14-7-9-15(10-8-14)28-18(20)21/h2-10,12,18H,11H2,1H3,(H2,22,23,24,26). The smallest absolute Gasteiger partial charge is 0.338 e. The van der Waals surface area contributed by atoms with Gasteiger partial charge in [-0.1, -0.05) is 42.1 Å². The Bertz CT molecular complexity index is 816. The van der Waals surface area contributed by atoms with Gasteiger partial charge < -0.3 is 10.1 Å². The third-order valence-electron chi connectivity index (χ3n) is 3.50. The first-order valence-corrected chi connectivity index (χ1v) is 9.11. The van der Waals surface area contributed by atoms with Crippen molar-refractivity contribution in [2.45, 2.75) is 30.2 Å². The summed E-state index contributed by atoms with van der Waals surface area (Å²) >= 11 is 0.353. The van der Waals surface area contributed by atoms with Crippen molar-refractivity contribution in [3.63, 3.8) is 0 Å². The highest BCUT2D eigenvalue weighted by Gasteiger charge is 2.21. The van der Waals surface area contributed by atoms with Crippen LogP contribution in [-0.4, -0.2) is 29.8 Å². The van der Waals surface area contributed by atoms with E-state index in [1.165, 1.54) is 31.2 Å². The fraction of sp³-hybridized carbons (Fsp3) is 0.211. The molecule has 2 rings (SSSR count). The number of imide groups is 1. The Morgan fingerprint density at radius 2 is 1.68 bits per heavy atom. The molecule has 0 aliphatic carbocycles. The van der Waals surface area contributed by atoms with E-state index in [-0.39, 0.29) is 12.1 Å². The maximum absolute atomic E-state index is 12.3. The molecule has 0 spiro atoms. The summed E-state index contributed by atoms with van der Waals surface area (Å²) in [5.41, 5.74) is 0.963. The van der Waals surface area contributed by atoms with Gasteiger partial charge in [0.25, 0.3) is 11.7 Å². The van der Waals surface area contributed by atoms with Crippen LogP contribution in [0.25, 0.3) is 0 Å². The second-order valence-electron chi connectivity index (χ2n) is 5.61. The Morgan fingerprint density at radius 1 is 1.04 bits per heavy atom. The minimum atomic E-state index is -2.56. The quantitative estimate of drug-likeness (QED) is 0.541. The van der Waals surface area contributed by atoms with Gasteiger partial charge in [-0.3, -0.25) is 10.1 Å². The molecular formula is C19H18F2N2O4S. The summed E-state index contributed by atoms with van der Waals surface area (Å²) in [6.45, 7) is 1.55. The zero-order valence-electron chi connectivity index (χ0n) is 14.9. The molecule has 1 atom stereocenters. The highest BCUT2D eigenvalue weighted by Crippen LogP contribution is 2.25. The molecule has 28 heavy (non-hydrogen) atoms. The molecule has 2 N–H and O–H groups in total. The zero-order valence-corrected chi connectivity index (χ0v) is 15.7. The number of amides is 3. The van der Waals surface area contributed by atoms with Crippen LogP contribution in [-0.2, 0) is 16.1 Å². The first-order chi connectivity index (χ1) is 13.3. The highest BCUT2D eigenvalue weighted by molar-refractivity contribution is 7.99. The van der Waals surface area contributed by atoms with Crippen LogP contribution >= 0.6 is 11.8 Å². The van der Waals surface area contributed by atoms with Crippen LogP contribution in [0.15, 0.2) is 59.5 Å². The predicted octanol–water partition coefficient (Wildman–Crippen LogP) is 3.57. The fourth-order valence-electron chi connectivity index (χ4n) is 2.09. The third-order valence-corrected chi connectivity index (χ3v) is 4.22. The zero-order chi connectivity index (χ0) is 20.5. The molecule has 0 aliphatic heterocycles. The van der Waals surface area contributed by atoms with Crippen LogP contribution in [0.5, 0.6) is 0 Å². The summed E-state index contributed by atoms with van der Waals surface area (Å²) in [4.78, 5) is 36.1. The van der Waals surface area contributed by atoms with Crippen LogP contribution in [0.4, 0.5) is 13.6 Å². The molecule has 2 aromatic rings. The summed E-state index contributed by atoms with van der Waals surface area (Å²) in [6.07, 6.45) is -1.22. The van der Waals surface area contributed by atoms with E-state index in [1.807, 2.05) is 30.3 Å². The molecule has 0 heterocycles. The molecule has 1 unspecified atom stereocenters. The minimum Gasteiger partial charge on any atom is -0.449 e. The number of thioether (sulfide) groups is 1. The SMILES string of the molecule is CC(OC(=O)c1ccc(SC(F)F)cc1)C(=O)NC(=O)NCc1ccccc1. The van der Waals surface area contributed by atoms with E-state index in [0.717, 1.165) is 5.56 Å². The Balaban J connectivity index is 1.80. The number of carbonyl (C=O) groups is 3. The summed E-state index contributed by atoms with van der Waals surface area (Å²) in [5, 5.41) is 4.60. The molecule has 0 fully saturated rings. The van der Waals surface area contributed by atoms with Crippen molar-refractivity contribution in [1.29, 1.82) is 0 Å². The number of urea groups is 1. The molecular weight excluding hydrogens is 390 g/mol. The summed E-state index contributed by atoms with van der Waals surface area (Å²) < 4.78 is 29.6. The van der Waals surface area contributed by atoms with E-state index in [0.29, 0.717) is 16.7 Å². The number of nitrogens with one attached hydrogen (secondary N) is 2. The van der Waals surface area contributed by atoms with Crippen molar-refractivity contribution < 1.29 is 27.9 Å². The largest absolute Gasteiger partial charge is 0.449 e. The van der Waals surface area contributed by atoms with Crippen LogP contribution in [0, 0.1) is 0 Å². The number of hydrogen-bond donors (Lipinski definition) is 2. The number of hydrogen-bond acceptors (Lipinski definition) is 5. The maximum Gasteiger partial charge on any atom is 0.338 e. The molecule has 0 bridgehead atoms. The number of halogens is 2. The lowest BCUT2D eigenvalue weighted by atomic mass is 10.2. The lowest BCUT2D eigenvalue weighted by molar-refractivity contribution is -0.127. The Morgan fingerprint density at radius 3 is 2.29 bits per heavy atom. The van der Waals surface area contributed by atoms with Gasteiger partial charge >= 0.3 is 12.0 Å². The van der Waals surface area contributed by atoms with Gasteiger partial charge in [0.05, 0.1) is 5.56 Å². The van der Waals surface area contributed by atoms with Crippen LogP contribution in [0.3, 0.4) is 0 Å². The lowest BCUT2D eigenvalue weighted by Crippen LogP contribution is -2.44. The third kappa shape index (κ3) is 6.99. The second kappa shape index (κ2) is 10.4. The molecule has 3 amide bonds. The monoisotopic (exact) mass is 408 g/mol. The first-order valence-electron chi connectivity index (χ1n) is 8.23. The first kappa shape index (κ1) is 21.4. The molecule has 6 nitrogen and oxygen atoms in total. The van der Waals surface area contributed by atoms with Crippen LogP contribution < -0.4 is 10.6 Å². The molecule has 0 aromatic heterocycles. The number of alkyl halides is 2. The number of benzene rings is 2. The molecule has 0 saturated carbocycles. The van der Waals surface area contributed by atoms with Gasteiger partial charge in [0.15, 0.2) is 6.10 Å². The minimum absolute atomic E-state index is 0.104. The topological polar surface area (TPSA) is 84.5 Å². The van der Waals surface area contributed by atoms with Crippen molar-refractivity contribution in [2.75, 3.05) is 0 Å². The normalized spacial score (nSPS) is 11.6. The van der Waals surface area contributed by atoms with Crippen molar-refractivity contribution in [1.82, 2.24) is 10.6 Å². The van der Waals surface area contributed by atoms with Gasteiger partial charge in [-0.05, 0) is 36.8 Å². The number of esters is 1. The van der Waals surface area contributed by atoms with Crippen LogP contribution in [0.2, 0.25) is 0 Å². The van der Waals surface area contributed by atoms with Gasteiger partial charge in [0.1, 0.15) is 0 Å². The van der Waals surface area contributed by atoms with Gasteiger partial charge in [0.2, 0.25) is 0 Å². The van der Waals surface area contributed by atoms with Crippen LogP contribution in [0.1, 0.15) is 22.8 Å². The molecule has 9 heteroatoms. The lowest BCUT2D eigenvalue weighted by Gasteiger charge is -2.13. The molecule has 0 saturated heterocycles. The van der Waals surface area contributed by atoms with Crippen molar-refractivity contribution in [2.24, 2.45) is 0 Å². The van der Waals surface area contributed by atoms with E-state index < -0.39 is 29.8 Å². The Kier molecular flexibility index (Phi) is 7.94. The van der Waals surface area contributed by atoms with Crippen molar-refractivity contribution >= 4 is 29.7 Å². The summed E-state index contributed by atoms with van der Waals surface area (Å²) in [6, 6.07) is 13.8. The summed E-state index contributed by atoms with van der Waals surface area (Å²) in [5.74, 6) is -4.15. The summed E-state index contributed by atoms with van der Waals surface area (Å²) in [7, 11) is 0. The Hall–Kier alpha value is -2.94. The van der Waals surface area contributed by atoms with E-state index in [1.54, 1.807) is 0 Å². The van der Waals surface area contributed by atoms with E-state index >= 15 is 0 Å². The molecule has 148 valence electrons. The average Bonchev–Trinajstić information content (AvgIpc) is 2.67. The van der Waals surface area contributed by atoms with Gasteiger partial charge in [0, 0.05) is 11.4 Å². The number of ether oxygens (including phenoxy) is 1. The van der Waals surface area contributed by atoms with Gasteiger partial charge in [-0.25, -0.2) is 9.59 Å². The van der Waals surface area contributed by atoms with E-state index in [9.17, 15) is 23.2 Å². The van der Waals surface area contributed by atoms with Crippen molar-refractivity contribution in [3.05, 3.63) is 65.7 Å². The predicted molar refractivity (Wildman–Crippen MR) is 100 cm³/mol. The molecule has 0 aliphatic rings. The molecule has 0 radical (unpaired) electrons. The number of rotatable bonds is 7. The van der Waals surface area contributed by atoms with Gasteiger partial charge in [-0.2, -0.15) is 8.78 Å². The Labute approximate surface area is 164 Å². The second-order valence-corrected chi connectivity index (χ2v) is 6.67. The average molecular weight is 408 g/mol. The number of carbonyl (C=O) groups excluding carboxylic acids is 3. The van der Waals surface area contributed by atoms with E-state index in [2.05, 4.69) is 10.6 Å². The van der Waals surface area contributed by atoms with E-state index in [4.69, 9.17) is 4.74 Å². The molecule has 2 aromatic carbocycles. The van der Waals surface area contributed by atoms with Gasteiger partial charge in [-0.15, -0.1) is 0 Å².